The van der Waals surface area contributed by atoms with E-state index in [1.807, 2.05) is 22.6 Å². The zero-order chi connectivity index (χ0) is 10.6. The molecule has 0 aromatic carbocycles. The molecule has 0 aromatic rings. The molecule has 14 heavy (non-hydrogen) atoms. The molecule has 0 aromatic heterocycles. The first-order chi connectivity index (χ1) is 6.81. The van der Waals surface area contributed by atoms with Gasteiger partial charge in [-0.3, -0.25) is 4.79 Å². The minimum Gasteiger partial charge on any atom is -0.452 e. The Morgan fingerprint density at radius 2 is 2.00 bits per heavy atom. The number of carbonyl (C=O) groups is 1. The van der Waals surface area contributed by atoms with Gasteiger partial charge in [0.2, 0.25) is 0 Å². The summed E-state index contributed by atoms with van der Waals surface area (Å²) < 4.78 is 7.52. The van der Waals surface area contributed by atoms with Gasteiger partial charge in [-0.2, -0.15) is 0 Å². The molecule has 2 nitrogen and oxygen atoms in total. The van der Waals surface area contributed by atoms with Gasteiger partial charge in [0.15, 0.2) is 6.61 Å². The SMILES string of the molecule is CCCCCCCC(=O)OCC#CI. The monoisotopic (exact) mass is 308 g/mol. The van der Waals surface area contributed by atoms with E-state index in [2.05, 4.69) is 16.8 Å². The molecular weight excluding hydrogens is 291 g/mol. The summed E-state index contributed by atoms with van der Waals surface area (Å²) in [7, 11) is 0. The van der Waals surface area contributed by atoms with Gasteiger partial charge in [-0.05, 0) is 10.3 Å². The molecule has 0 radical (unpaired) electrons. The zero-order valence-corrected chi connectivity index (χ0v) is 10.8. The van der Waals surface area contributed by atoms with Gasteiger partial charge in [0.25, 0.3) is 0 Å². The van der Waals surface area contributed by atoms with Gasteiger partial charge in [0.05, 0.1) is 0 Å². The fourth-order valence-electron chi connectivity index (χ4n) is 1.09. The third-order valence-electron chi connectivity index (χ3n) is 1.86. The second-order valence-electron chi connectivity index (χ2n) is 3.10. The van der Waals surface area contributed by atoms with Crippen molar-refractivity contribution in [3.05, 3.63) is 0 Å². The predicted octanol–water partition coefficient (Wildman–Crippen LogP) is 3.29. The molecule has 0 aliphatic heterocycles. The van der Waals surface area contributed by atoms with Crippen molar-refractivity contribution in [1.82, 2.24) is 0 Å². The van der Waals surface area contributed by atoms with Crippen LogP contribution in [0.4, 0.5) is 0 Å². The van der Waals surface area contributed by atoms with E-state index in [-0.39, 0.29) is 12.6 Å². The standard InChI is InChI=1S/C11H17IO2/c1-2-3-4-5-6-8-11(13)14-10-7-9-12/h2-6,8,10H2,1H3. The molecule has 80 valence electrons. The van der Waals surface area contributed by atoms with E-state index in [0.29, 0.717) is 6.42 Å². The lowest BCUT2D eigenvalue weighted by molar-refractivity contribution is -0.142. The number of hydrogen-bond acceptors (Lipinski definition) is 2. The third kappa shape index (κ3) is 9.85. The molecular formula is C11H17IO2. The topological polar surface area (TPSA) is 26.3 Å². The minimum atomic E-state index is -0.124. The highest BCUT2D eigenvalue weighted by Crippen LogP contribution is 2.05. The molecule has 0 rings (SSSR count). The minimum absolute atomic E-state index is 0.124. The second-order valence-corrected chi connectivity index (χ2v) is 3.64. The van der Waals surface area contributed by atoms with E-state index in [9.17, 15) is 4.79 Å². The smallest absolute Gasteiger partial charge is 0.306 e. The van der Waals surface area contributed by atoms with Gasteiger partial charge >= 0.3 is 5.97 Å². The molecule has 0 N–H and O–H groups in total. The maximum atomic E-state index is 11.1. The highest BCUT2D eigenvalue weighted by Gasteiger charge is 2.00. The molecule has 0 aliphatic carbocycles. The van der Waals surface area contributed by atoms with Crippen molar-refractivity contribution < 1.29 is 9.53 Å². The Labute approximate surface area is 99.9 Å². The Kier molecular flexibility index (Phi) is 10.7. The van der Waals surface area contributed by atoms with Crippen LogP contribution < -0.4 is 0 Å². The lowest BCUT2D eigenvalue weighted by atomic mass is 10.1. The van der Waals surface area contributed by atoms with E-state index < -0.39 is 0 Å². The maximum absolute atomic E-state index is 11.1. The van der Waals surface area contributed by atoms with E-state index in [0.717, 1.165) is 12.8 Å². The van der Waals surface area contributed by atoms with Crippen LogP contribution in [0.1, 0.15) is 45.4 Å². The number of unbranched alkanes of at least 4 members (excludes halogenated alkanes) is 4. The van der Waals surface area contributed by atoms with Crippen molar-refractivity contribution in [2.45, 2.75) is 45.4 Å². The van der Waals surface area contributed by atoms with Crippen molar-refractivity contribution in [1.29, 1.82) is 0 Å². The molecule has 0 saturated heterocycles. The van der Waals surface area contributed by atoms with Crippen molar-refractivity contribution in [3.63, 3.8) is 0 Å². The summed E-state index contributed by atoms with van der Waals surface area (Å²) in [5, 5.41) is 0. The Hall–Kier alpha value is -0.240. The molecule has 0 atom stereocenters. The highest BCUT2D eigenvalue weighted by molar-refractivity contribution is 14.1. The first kappa shape index (κ1) is 13.8. The summed E-state index contributed by atoms with van der Waals surface area (Å²) in [6.07, 6.45) is 6.31. The average molecular weight is 308 g/mol. The van der Waals surface area contributed by atoms with Gasteiger partial charge in [-0.15, -0.1) is 0 Å². The Bertz CT molecular complexity index is 203. The molecule has 0 amide bonds. The highest BCUT2D eigenvalue weighted by atomic mass is 127. The molecule has 3 heteroatoms. The van der Waals surface area contributed by atoms with E-state index in [1.54, 1.807) is 0 Å². The molecule has 0 aliphatic rings. The van der Waals surface area contributed by atoms with E-state index in [1.165, 1.54) is 19.3 Å². The number of rotatable bonds is 7. The predicted molar refractivity (Wildman–Crippen MR) is 66.1 cm³/mol. The summed E-state index contributed by atoms with van der Waals surface area (Å²) in [4.78, 5) is 11.1. The lowest BCUT2D eigenvalue weighted by Gasteiger charge is -2.00. The van der Waals surface area contributed by atoms with Gasteiger partial charge in [0, 0.05) is 29.0 Å². The summed E-state index contributed by atoms with van der Waals surface area (Å²) >= 11 is 1.93. The van der Waals surface area contributed by atoms with Crippen molar-refractivity contribution in [3.8, 4) is 9.85 Å². The van der Waals surface area contributed by atoms with Crippen molar-refractivity contribution in [2.24, 2.45) is 0 Å². The van der Waals surface area contributed by atoms with Gasteiger partial charge < -0.3 is 4.74 Å². The van der Waals surface area contributed by atoms with Crippen LogP contribution in [0, 0.1) is 9.85 Å². The Balaban J connectivity index is 3.21. The largest absolute Gasteiger partial charge is 0.452 e. The lowest BCUT2D eigenvalue weighted by Crippen LogP contribution is -2.04. The van der Waals surface area contributed by atoms with Crippen LogP contribution in [0.25, 0.3) is 0 Å². The Morgan fingerprint density at radius 1 is 1.29 bits per heavy atom. The average Bonchev–Trinajstić information content (AvgIpc) is 2.18. The normalized spacial score (nSPS) is 9.00. The van der Waals surface area contributed by atoms with Gasteiger partial charge in [-0.25, -0.2) is 0 Å². The van der Waals surface area contributed by atoms with Crippen LogP contribution in [0.3, 0.4) is 0 Å². The molecule has 0 heterocycles. The first-order valence-corrected chi connectivity index (χ1v) is 6.13. The van der Waals surface area contributed by atoms with Crippen LogP contribution in [-0.4, -0.2) is 12.6 Å². The van der Waals surface area contributed by atoms with Gasteiger partial charge in [0.1, 0.15) is 0 Å². The fraction of sp³-hybridized carbons (Fsp3) is 0.727. The third-order valence-corrected chi connectivity index (χ3v) is 2.24. The zero-order valence-electron chi connectivity index (χ0n) is 8.64. The number of halogens is 1. The van der Waals surface area contributed by atoms with Crippen LogP contribution in [0.15, 0.2) is 0 Å². The Morgan fingerprint density at radius 3 is 2.64 bits per heavy atom. The van der Waals surface area contributed by atoms with E-state index in [4.69, 9.17) is 4.74 Å². The van der Waals surface area contributed by atoms with Crippen LogP contribution >= 0.6 is 22.6 Å². The maximum Gasteiger partial charge on any atom is 0.306 e. The molecule has 0 unspecified atom stereocenters. The number of esters is 1. The molecule has 0 spiro atoms. The van der Waals surface area contributed by atoms with Crippen LogP contribution in [-0.2, 0) is 9.53 Å². The quantitative estimate of drug-likeness (QED) is 0.312. The first-order valence-electron chi connectivity index (χ1n) is 5.05. The number of hydrogen-bond donors (Lipinski definition) is 0. The van der Waals surface area contributed by atoms with Crippen molar-refractivity contribution >= 4 is 28.6 Å². The summed E-state index contributed by atoms with van der Waals surface area (Å²) in [5.41, 5.74) is 0. The molecule has 0 bridgehead atoms. The van der Waals surface area contributed by atoms with Crippen LogP contribution in [0.5, 0.6) is 0 Å². The number of carbonyl (C=O) groups excluding carboxylic acids is 1. The molecule has 0 fully saturated rings. The van der Waals surface area contributed by atoms with Gasteiger partial charge in [-0.1, -0.05) is 38.5 Å². The fourth-order valence-corrected chi connectivity index (χ4v) is 1.24. The summed E-state index contributed by atoms with van der Waals surface area (Å²) in [6.45, 7) is 2.41. The molecule has 0 saturated carbocycles. The summed E-state index contributed by atoms with van der Waals surface area (Å²) in [6, 6.07) is 0. The van der Waals surface area contributed by atoms with Crippen LogP contribution in [0.2, 0.25) is 0 Å². The summed E-state index contributed by atoms with van der Waals surface area (Å²) in [5.74, 6) is 2.56. The second kappa shape index (κ2) is 10.8. The van der Waals surface area contributed by atoms with Crippen molar-refractivity contribution in [2.75, 3.05) is 6.61 Å². The number of ether oxygens (including phenoxy) is 1. The van der Waals surface area contributed by atoms with E-state index >= 15 is 0 Å².